The fraction of sp³-hybridized carbons (Fsp3) is 0.650. The Morgan fingerprint density at radius 3 is 2.88 bits per heavy atom. The van der Waals surface area contributed by atoms with Crippen LogP contribution in [0.25, 0.3) is 0 Å². The Labute approximate surface area is 157 Å². The first-order chi connectivity index (χ1) is 12.3. The van der Waals surface area contributed by atoms with E-state index in [1.165, 1.54) is 43.5 Å². The number of hydrogen-bond acceptors (Lipinski definition) is 3. The Morgan fingerprint density at radius 1 is 1.28 bits per heavy atom. The number of guanidine groups is 1. The normalized spacial score (nSPS) is 19.0. The van der Waals surface area contributed by atoms with Crippen molar-refractivity contribution in [3.8, 4) is 0 Å². The van der Waals surface area contributed by atoms with Gasteiger partial charge in [0.1, 0.15) is 0 Å². The molecule has 1 aromatic carbocycles. The fourth-order valence-corrected chi connectivity index (χ4v) is 3.71. The molecule has 0 amide bonds. The Balaban J connectivity index is 1.80. The SMILES string of the molecule is CCNC(=NCCCCSC)NC1CCCN(Cc2ccccc2)C1. The topological polar surface area (TPSA) is 39.7 Å². The summed E-state index contributed by atoms with van der Waals surface area (Å²) in [5.41, 5.74) is 1.40. The van der Waals surface area contributed by atoms with E-state index in [1.54, 1.807) is 0 Å². The number of piperidine rings is 1. The van der Waals surface area contributed by atoms with Crippen molar-refractivity contribution in [2.75, 3.05) is 38.2 Å². The van der Waals surface area contributed by atoms with Gasteiger partial charge in [0.2, 0.25) is 0 Å². The van der Waals surface area contributed by atoms with Gasteiger partial charge in [-0.15, -0.1) is 0 Å². The lowest BCUT2D eigenvalue weighted by molar-refractivity contribution is 0.192. The van der Waals surface area contributed by atoms with Crippen LogP contribution in [0.5, 0.6) is 0 Å². The predicted octanol–water partition coefficient (Wildman–Crippen LogP) is 3.35. The summed E-state index contributed by atoms with van der Waals surface area (Å²) in [4.78, 5) is 7.31. The third-order valence-corrected chi connectivity index (χ3v) is 5.16. The average molecular weight is 363 g/mol. The zero-order valence-electron chi connectivity index (χ0n) is 15.8. The third-order valence-electron chi connectivity index (χ3n) is 4.47. The Bertz CT molecular complexity index is 492. The predicted molar refractivity (Wildman–Crippen MR) is 111 cm³/mol. The highest BCUT2D eigenvalue weighted by atomic mass is 32.2. The summed E-state index contributed by atoms with van der Waals surface area (Å²) in [5, 5.41) is 7.06. The van der Waals surface area contributed by atoms with Crippen molar-refractivity contribution >= 4 is 17.7 Å². The molecule has 0 radical (unpaired) electrons. The van der Waals surface area contributed by atoms with Crippen molar-refractivity contribution in [2.24, 2.45) is 4.99 Å². The molecule has 1 aliphatic rings. The molecule has 1 heterocycles. The number of thioether (sulfide) groups is 1. The first-order valence-electron chi connectivity index (χ1n) is 9.62. The molecule has 4 nitrogen and oxygen atoms in total. The second kappa shape index (κ2) is 12.2. The van der Waals surface area contributed by atoms with E-state index in [4.69, 9.17) is 4.99 Å². The lowest BCUT2D eigenvalue weighted by atomic mass is 10.0. The van der Waals surface area contributed by atoms with Gasteiger partial charge in [-0.3, -0.25) is 9.89 Å². The van der Waals surface area contributed by atoms with Crippen LogP contribution in [0.3, 0.4) is 0 Å². The number of benzene rings is 1. The molecule has 5 heteroatoms. The number of aliphatic imine (C=N–C) groups is 1. The van der Waals surface area contributed by atoms with E-state index in [0.29, 0.717) is 6.04 Å². The van der Waals surface area contributed by atoms with E-state index in [0.717, 1.165) is 32.1 Å². The molecule has 1 aromatic rings. The Kier molecular flexibility index (Phi) is 9.82. The van der Waals surface area contributed by atoms with Gasteiger partial charge in [0.05, 0.1) is 0 Å². The molecule has 1 atom stereocenters. The molecule has 25 heavy (non-hydrogen) atoms. The fourth-order valence-electron chi connectivity index (χ4n) is 3.22. The molecule has 0 bridgehead atoms. The van der Waals surface area contributed by atoms with E-state index in [9.17, 15) is 0 Å². The van der Waals surface area contributed by atoms with Crippen molar-refractivity contribution in [3.63, 3.8) is 0 Å². The van der Waals surface area contributed by atoms with Crippen LogP contribution >= 0.6 is 11.8 Å². The van der Waals surface area contributed by atoms with Gasteiger partial charge in [-0.25, -0.2) is 0 Å². The number of rotatable bonds is 9. The molecule has 1 unspecified atom stereocenters. The summed E-state index contributed by atoms with van der Waals surface area (Å²) >= 11 is 1.91. The molecule has 1 fully saturated rings. The minimum absolute atomic E-state index is 0.487. The molecule has 140 valence electrons. The minimum atomic E-state index is 0.487. The van der Waals surface area contributed by atoms with Crippen molar-refractivity contribution in [2.45, 2.75) is 45.2 Å². The largest absolute Gasteiger partial charge is 0.357 e. The van der Waals surface area contributed by atoms with Crippen LogP contribution in [0.1, 0.15) is 38.2 Å². The van der Waals surface area contributed by atoms with Gasteiger partial charge < -0.3 is 10.6 Å². The molecule has 2 N–H and O–H groups in total. The highest BCUT2D eigenvalue weighted by Crippen LogP contribution is 2.13. The van der Waals surface area contributed by atoms with Gasteiger partial charge in [-0.1, -0.05) is 30.3 Å². The first kappa shape index (κ1) is 20.1. The summed E-state index contributed by atoms with van der Waals surface area (Å²) in [7, 11) is 0. The number of nitrogens with zero attached hydrogens (tertiary/aromatic N) is 2. The minimum Gasteiger partial charge on any atom is -0.357 e. The summed E-state index contributed by atoms with van der Waals surface area (Å²) in [6.45, 7) is 7.28. The average Bonchev–Trinajstić information content (AvgIpc) is 2.63. The molecule has 0 saturated carbocycles. The van der Waals surface area contributed by atoms with Crippen LogP contribution in [-0.4, -0.2) is 55.1 Å². The van der Waals surface area contributed by atoms with Gasteiger partial charge in [0.15, 0.2) is 5.96 Å². The Morgan fingerprint density at radius 2 is 2.12 bits per heavy atom. The van der Waals surface area contributed by atoms with Gasteiger partial charge in [-0.2, -0.15) is 11.8 Å². The number of nitrogens with one attached hydrogen (secondary N) is 2. The van der Waals surface area contributed by atoms with Crippen LogP contribution in [0.15, 0.2) is 35.3 Å². The molecule has 1 aliphatic heterocycles. The molecular weight excluding hydrogens is 328 g/mol. The number of unbranched alkanes of at least 4 members (excludes halogenated alkanes) is 1. The Hall–Kier alpha value is -1.20. The van der Waals surface area contributed by atoms with Gasteiger partial charge in [0, 0.05) is 32.2 Å². The standard InChI is InChI=1S/C20H34N4S/c1-3-21-20(22-13-7-8-15-25-2)23-19-12-9-14-24(17-19)16-18-10-5-4-6-11-18/h4-6,10-11,19H,3,7-9,12-17H2,1-2H3,(H2,21,22,23). The molecule has 0 aliphatic carbocycles. The molecule has 0 spiro atoms. The second-order valence-corrected chi connectivity index (χ2v) is 7.65. The first-order valence-corrected chi connectivity index (χ1v) is 11.0. The van der Waals surface area contributed by atoms with Crippen LogP contribution in [0, 0.1) is 0 Å². The molecule has 0 aromatic heterocycles. The lowest BCUT2D eigenvalue weighted by Crippen LogP contribution is -2.51. The highest BCUT2D eigenvalue weighted by Gasteiger charge is 2.20. The number of likely N-dealkylation sites (tertiary alicyclic amines) is 1. The van der Waals surface area contributed by atoms with E-state index in [2.05, 4.69) is 59.0 Å². The van der Waals surface area contributed by atoms with E-state index >= 15 is 0 Å². The summed E-state index contributed by atoms with van der Waals surface area (Å²) in [5.74, 6) is 2.22. The third kappa shape index (κ3) is 8.15. The maximum absolute atomic E-state index is 4.76. The van der Waals surface area contributed by atoms with E-state index in [-0.39, 0.29) is 0 Å². The molecular formula is C20H34N4S. The van der Waals surface area contributed by atoms with Crippen molar-refractivity contribution < 1.29 is 0 Å². The second-order valence-electron chi connectivity index (χ2n) is 6.66. The number of hydrogen-bond donors (Lipinski definition) is 2. The molecule has 1 saturated heterocycles. The summed E-state index contributed by atoms with van der Waals surface area (Å²) < 4.78 is 0. The lowest BCUT2D eigenvalue weighted by Gasteiger charge is -2.34. The van der Waals surface area contributed by atoms with Gasteiger partial charge in [0.25, 0.3) is 0 Å². The monoisotopic (exact) mass is 362 g/mol. The zero-order chi connectivity index (χ0) is 17.7. The summed E-state index contributed by atoms with van der Waals surface area (Å²) in [6, 6.07) is 11.3. The maximum atomic E-state index is 4.76. The van der Waals surface area contributed by atoms with Gasteiger partial charge >= 0.3 is 0 Å². The van der Waals surface area contributed by atoms with Crippen LogP contribution in [0.2, 0.25) is 0 Å². The quantitative estimate of drug-likeness (QED) is 0.401. The van der Waals surface area contributed by atoms with Crippen LogP contribution in [-0.2, 0) is 6.54 Å². The van der Waals surface area contributed by atoms with Crippen molar-refractivity contribution in [1.29, 1.82) is 0 Å². The van der Waals surface area contributed by atoms with Gasteiger partial charge in [-0.05, 0) is 56.7 Å². The van der Waals surface area contributed by atoms with Crippen LogP contribution < -0.4 is 10.6 Å². The van der Waals surface area contributed by atoms with Crippen molar-refractivity contribution in [3.05, 3.63) is 35.9 Å². The maximum Gasteiger partial charge on any atom is 0.191 e. The van der Waals surface area contributed by atoms with E-state index in [1.807, 2.05) is 11.8 Å². The smallest absolute Gasteiger partial charge is 0.191 e. The van der Waals surface area contributed by atoms with E-state index < -0.39 is 0 Å². The zero-order valence-corrected chi connectivity index (χ0v) is 16.7. The van der Waals surface area contributed by atoms with Crippen LogP contribution in [0.4, 0.5) is 0 Å². The summed E-state index contributed by atoms with van der Waals surface area (Å²) in [6.07, 6.45) is 7.06. The van der Waals surface area contributed by atoms with Crippen molar-refractivity contribution in [1.82, 2.24) is 15.5 Å². The highest BCUT2D eigenvalue weighted by molar-refractivity contribution is 7.98. The molecule has 2 rings (SSSR count).